The fraction of sp³-hybridized carbons (Fsp3) is 0.300. The zero-order valence-electron chi connectivity index (χ0n) is 22.4. The highest BCUT2D eigenvalue weighted by atomic mass is 32.2. The number of fused-ring (bicyclic) bond motifs is 2. The number of rotatable bonds is 5. The first-order chi connectivity index (χ1) is 20.0. The number of nitrogens with zero attached hydrogens (tertiary/aromatic N) is 1. The van der Waals surface area contributed by atoms with Gasteiger partial charge < -0.3 is 23.7 Å². The first-order valence-corrected chi connectivity index (χ1v) is 15.5. The highest BCUT2D eigenvalue weighted by Gasteiger charge is 2.19. The normalized spacial score (nSPS) is 15.9. The van der Waals surface area contributed by atoms with Gasteiger partial charge in [0, 0.05) is 17.7 Å². The number of thiazole rings is 1. The molecule has 4 aromatic rings. The maximum absolute atomic E-state index is 11.4. The van der Waals surface area contributed by atoms with Crippen LogP contribution in [0.2, 0.25) is 0 Å². The van der Waals surface area contributed by atoms with E-state index in [-0.39, 0.29) is 4.90 Å². The van der Waals surface area contributed by atoms with E-state index in [2.05, 4.69) is 22.8 Å². The summed E-state index contributed by atoms with van der Waals surface area (Å²) < 4.78 is 64.0. The maximum atomic E-state index is 11.4. The lowest BCUT2D eigenvalue weighted by Crippen LogP contribution is -2.35. The average Bonchev–Trinajstić information content (AvgIpc) is 3.31. The minimum Gasteiger partial charge on any atom is -0.487 e. The smallest absolute Gasteiger partial charge is 0.294 e. The van der Waals surface area contributed by atoms with E-state index in [0.29, 0.717) is 70.9 Å². The predicted molar refractivity (Wildman–Crippen MR) is 156 cm³/mol. The molecule has 11 heteroatoms. The summed E-state index contributed by atoms with van der Waals surface area (Å²) >= 11 is 1.66. The molecule has 2 heterocycles. The van der Waals surface area contributed by atoms with Gasteiger partial charge in [-0.15, -0.1) is 0 Å². The van der Waals surface area contributed by atoms with E-state index in [4.69, 9.17) is 23.7 Å². The van der Waals surface area contributed by atoms with Crippen LogP contribution in [0.15, 0.2) is 71.6 Å². The number of hydrogen-bond donors (Lipinski definition) is 1. The molecule has 1 aromatic heterocycles. The van der Waals surface area contributed by atoms with Crippen LogP contribution in [0.25, 0.3) is 22.4 Å². The van der Waals surface area contributed by atoms with E-state index in [0.717, 1.165) is 26.4 Å². The quantitative estimate of drug-likeness (QED) is 0.265. The fourth-order valence-electron chi connectivity index (χ4n) is 4.28. The lowest BCUT2D eigenvalue weighted by atomic mass is 10.2. The first kappa shape index (κ1) is 29.2. The van der Waals surface area contributed by atoms with Crippen LogP contribution in [0.1, 0.15) is 16.1 Å². The monoisotopic (exact) mass is 598 g/mol. The van der Waals surface area contributed by atoms with Gasteiger partial charge in [0.1, 0.15) is 17.9 Å². The van der Waals surface area contributed by atoms with Gasteiger partial charge in [0.05, 0.1) is 44.5 Å². The van der Waals surface area contributed by atoms with Gasteiger partial charge in [0.15, 0.2) is 18.0 Å². The number of benzene rings is 3. The van der Waals surface area contributed by atoms with Gasteiger partial charge in [0.25, 0.3) is 15.1 Å². The van der Waals surface area contributed by atoms with Crippen molar-refractivity contribution in [2.75, 3.05) is 52.9 Å². The molecule has 1 N–H and O–H groups in total. The number of ether oxygens (including phenoxy) is 5. The van der Waals surface area contributed by atoms with Gasteiger partial charge in [0.2, 0.25) is 5.52 Å². The molecule has 216 valence electrons. The van der Waals surface area contributed by atoms with Crippen LogP contribution in [-0.2, 0) is 30.9 Å². The second kappa shape index (κ2) is 14.0. The van der Waals surface area contributed by atoms with Crippen molar-refractivity contribution in [2.24, 2.45) is 0 Å². The standard InChI is InChI=1S/C30H31NO8S2/c32-41(33,34)25-9-5-24(6-10-25)22-31-26-3-1-2-4-29(26)40-30(31)12-8-23-7-11-27-28(21-23)39-20-18-37-16-14-35-13-15-36-17-19-38-27/h1-12,21H,13-20,22H2/p+1/b12-8-. The average molecular weight is 599 g/mol. The Balaban J connectivity index is 1.38. The molecular weight excluding hydrogens is 566 g/mol. The van der Waals surface area contributed by atoms with Crippen LogP contribution in [0, 0.1) is 0 Å². The third-order valence-electron chi connectivity index (χ3n) is 6.30. The molecule has 0 aliphatic carbocycles. The molecule has 3 aromatic carbocycles. The van der Waals surface area contributed by atoms with Crippen molar-refractivity contribution in [2.45, 2.75) is 11.4 Å². The highest BCUT2D eigenvalue weighted by Crippen LogP contribution is 2.30. The molecule has 0 bridgehead atoms. The predicted octanol–water partition coefficient (Wildman–Crippen LogP) is 4.48. The summed E-state index contributed by atoms with van der Waals surface area (Å²) in [6, 6.07) is 20.2. The zero-order chi connectivity index (χ0) is 28.5. The van der Waals surface area contributed by atoms with Crippen molar-refractivity contribution in [3.63, 3.8) is 0 Å². The molecule has 0 radical (unpaired) electrons. The van der Waals surface area contributed by atoms with Crippen LogP contribution in [0.3, 0.4) is 0 Å². The summed E-state index contributed by atoms with van der Waals surface area (Å²) in [7, 11) is -4.24. The van der Waals surface area contributed by atoms with Gasteiger partial charge >= 0.3 is 0 Å². The Morgan fingerprint density at radius 3 is 2.07 bits per heavy atom. The summed E-state index contributed by atoms with van der Waals surface area (Å²) in [6.07, 6.45) is 4.09. The SMILES string of the molecule is O=S(=O)(O)c1ccc(C[n+]2c(/C=C\c3ccc4c(c3)OCCOCCOCCOCCO4)sc3ccccc32)cc1. The molecule has 0 amide bonds. The maximum Gasteiger partial charge on any atom is 0.294 e. The van der Waals surface area contributed by atoms with Gasteiger partial charge in [-0.2, -0.15) is 13.0 Å². The Kier molecular flexibility index (Phi) is 9.99. The van der Waals surface area contributed by atoms with Crippen molar-refractivity contribution in [3.8, 4) is 11.5 Å². The molecule has 0 saturated heterocycles. The Bertz CT molecular complexity index is 1580. The van der Waals surface area contributed by atoms with Gasteiger partial charge in [-0.05, 0) is 42.0 Å². The number of aromatic nitrogens is 1. The third-order valence-corrected chi connectivity index (χ3v) is 8.30. The van der Waals surface area contributed by atoms with Gasteiger partial charge in [-0.25, -0.2) is 0 Å². The third kappa shape index (κ3) is 8.13. The Morgan fingerprint density at radius 1 is 0.756 bits per heavy atom. The van der Waals surface area contributed by atoms with E-state index in [1.165, 1.54) is 12.1 Å². The van der Waals surface area contributed by atoms with Crippen LogP contribution >= 0.6 is 11.3 Å². The van der Waals surface area contributed by atoms with Crippen LogP contribution in [0.4, 0.5) is 0 Å². The fourth-order valence-corrected chi connectivity index (χ4v) is 5.82. The van der Waals surface area contributed by atoms with Crippen LogP contribution in [-0.4, -0.2) is 65.8 Å². The van der Waals surface area contributed by atoms with Crippen LogP contribution in [0.5, 0.6) is 11.5 Å². The Hall–Kier alpha value is -3.32. The molecule has 0 spiro atoms. The van der Waals surface area contributed by atoms with E-state index >= 15 is 0 Å². The lowest BCUT2D eigenvalue weighted by molar-refractivity contribution is -0.659. The van der Waals surface area contributed by atoms with Crippen LogP contribution < -0.4 is 14.0 Å². The Labute approximate surface area is 243 Å². The van der Waals surface area contributed by atoms with Gasteiger partial charge in [-0.1, -0.05) is 41.7 Å². The summed E-state index contributed by atoms with van der Waals surface area (Å²) in [5.41, 5.74) is 2.92. The number of para-hydroxylation sites is 1. The second-order valence-electron chi connectivity index (χ2n) is 9.19. The summed E-state index contributed by atoms with van der Waals surface area (Å²) in [4.78, 5) is -0.126. The summed E-state index contributed by atoms with van der Waals surface area (Å²) in [6.45, 7) is 4.23. The molecule has 0 unspecified atom stereocenters. The van der Waals surface area contributed by atoms with E-state index < -0.39 is 10.1 Å². The second-order valence-corrected chi connectivity index (χ2v) is 11.7. The molecule has 9 nitrogen and oxygen atoms in total. The Morgan fingerprint density at radius 2 is 1.39 bits per heavy atom. The molecular formula is C30H32NO8S2+. The summed E-state index contributed by atoms with van der Waals surface area (Å²) in [5, 5.41) is 1.02. The molecule has 5 rings (SSSR count). The molecule has 0 fully saturated rings. The van der Waals surface area contributed by atoms with Gasteiger partial charge in [-0.3, -0.25) is 4.55 Å². The molecule has 0 atom stereocenters. The van der Waals surface area contributed by atoms with E-state index in [1.807, 2.05) is 36.4 Å². The molecule has 1 aliphatic heterocycles. The van der Waals surface area contributed by atoms with Crippen molar-refractivity contribution in [3.05, 3.63) is 82.9 Å². The van der Waals surface area contributed by atoms with Crippen molar-refractivity contribution < 1.29 is 41.2 Å². The van der Waals surface area contributed by atoms with E-state index in [1.54, 1.807) is 23.5 Å². The topological polar surface area (TPSA) is 104 Å². The van der Waals surface area contributed by atoms with Crippen molar-refractivity contribution in [1.29, 1.82) is 0 Å². The minimum absolute atomic E-state index is 0.126. The zero-order valence-corrected chi connectivity index (χ0v) is 24.1. The largest absolute Gasteiger partial charge is 0.487 e. The number of hydrogen-bond acceptors (Lipinski definition) is 8. The van der Waals surface area contributed by atoms with E-state index in [9.17, 15) is 13.0 Å². The minimum atomic E-state index is -4.24. The van der Waals surface area contributed by atoms with Crippen molar-refractivity contribution in [1.82, 2.24) is 0 Å². The molecule has 41 heavy (non-hydrogen) atoms. The lowest BCUT2D eigenvalue weighted by Gasteiger charge is -2.13. The van der Waals surface area contributed by atoms with Crippen molar-refractivity contribution >= 4 is 43.8 Å². The first-order valence-electron chi connectivity index (χ1n) is 13.3. The summed E-state index contributed by atoms with van der Waals surface area (Å²) in [5.74, 6) is 1.27. The highest BCUT2D eigenvalue weighted by molar-refractivity contribution is 7.85. The molecule has 1 aliphatic rings. The molecule has 0 saturated carbocycles.